The summed E-state index contributed by atoms with van der Waals surface area (Å²) < 4.78 is 25.7. The third-order valence-electron chi connectivity index (χ3n) is 3.63. The Hall–Kier alpha value is -0.800. The number of hydrogen-bond donors (Lipinski definition) is 0. The normalized spacial score (nSPS) is 29.3. The highest BCUT2D eigenvalue weighted by molar-refractivity contribution is 6.05. The molecule has 0 aromatic rings. The zero-order chi connectivity index (χ0) is 11.3. The van der Waals surface area contributed by atoms with E-state index in [1.807, 2.05) is 0 Å². The standard InChI is InChI=1S/C11H14F2O2/c1-10(12,13)9(15)7-6-11(4-5-11)3-2-8(7)14/h7H,2-6H2,1H3. The molecular weight excluding hydrogens is 202 g/mol. The van der Waals surface area contributed by atoms with Crippen LogP contribution in [0.15, 0.2) is 0 Å². The van der Waals surface area contributed by atoms with E-state index in [1.54, 1.807) is 0 Å². The van der Waals surface area contributed by atoms with Crippen LogP contribution in [0.3, 0.4) is 0 Å². The largest absolute Gasteiger partial charge is 0.303 e. The van der Waals surface area contributed by atoms with Crippen molar-refractivity contribution in [1.29, 1.82) is 0 Å². The predicted octanol–water partition coefficient (Wildman–Crippen LogP) is 2.36. The third-order valence-corrected chi connectivity index (χ3v) is 3.63. The summed E-state index contributed by atoms with van der Waals surface area (Å²) in [5, 5.41) is 0. The highest BCUT2D eigenvalue weighted by Gasteiger charge is 2.53. The molecule has 2 saturated carbocycles. The fraction of sp³-hybridized carbons (Fsp3) is 0.818. The maximum atomic E-state index is 12.8. The van der Waals surface area contributed by atoms with Crippen LogP contribution in [0.2, 0.25) is 0 Å². The van der Waals surface area contributed by atoms with Crippen molar-refractivity contribution < 1.29 is 18.4 Å². The minimum absolute atomic E-state index is 0.0550. The zero-order valence-electron chi connectivity index (χ0n) is 8.69. The maximum Gasteiger partial charge on any atom is 0.303 e. The van der Waals surface area contributed by atoms with Gasteiger partial charge in [-0.3, -0.25) is 9.59 Å². The topological polar surface area (TPSA) is 34.1 Å². The van der Waals surface area contributed by atoms with Crippen molar-refractivity contribution in [1.82, 2.24) is 0 Å². The molecule has 0 aromatic carbocycles. The lowest BCUT2D eigenvalue weighted by Gasteiger charge is -2.28. The van der Waals surface area contributed by atoms with Crippen molar-refractivity contribution in [3.8, 4) is 0 Å². The Balaban J connectivity index is 2.13. The van der Waals surface area contributed by atoms with Crippen molar-refractivity contribution in [3.05, 3.63) is 0 Å². The van der Waals surface area contributed by atoms with Crippen LogP contribution >= 0.6 is 0 Å². The smallest absolute Gasteiger partial charge is 0.299 e. The molecule has 1 unspecified atom stereocenters. The summed E-state index contributed by atoms with van der Waals surface area (Å²) in [4.78, 5) is 22.8. The molecule has 1 spiro atoms. The van der Waals surface area contributed by atoms with Gasteiger partial charge in [-0.2, -0.15) is 8.78 Å². The van der Waals surface area contributed by atoms with E-state index in [9.17, 15) is 18.4 Å². The molecule has 2 rings (SSSR count). The number of carbonyl (C=O) groups is 2. The van der Waals surface area contributed by atoms with Crippen molar-refractivity contribution in [2.45, 2.75) is 45.0 Å². The molecule has 0 saturated heterocycles. The van der Waals surface area contributed by atoms with E-state index < -0.39 is 17.6 Å². The first kappa shape index (κ1) is 10.7. The SMILES string of the molecule is CC(F)(F)C(=O)C1CC2(CCC1=O)CC2. The van der Waals surface area contributed by atoms with Gasteiger partial charge in [-0.15, -0.1) is 0 Å². The van der Waals surface area contributed by atoms with Gasteiger partial charge in [-0.1, -0.05) is 0 Å². The highest BCUT2D eigenvalue weighted by Crippen LogP contribution is 2.57. The fourth-order valence-corrected chi connectivity index (χ4v) is 2.39. The summed E-state index contributed by atoms with van der Waals surface area (Å²) in [6.07, 6.45) is 3.41. The van der Waals surface area contributed by atoms with Crippen molar-refractivity contribution in [3.63, 3.8) is 0 Å². The number of alkyl halides is 2. The van der Waals surface area contributed by atoms with Gasteiger partial charge in [0.05, 0.1) is 5.92 Å². The summed E-state index contributed by atoms with van der Waals surface area (Å²) in [6.45, 7) is 0.580. The van der Waals surface area contributed by atoms with Crippen LogP contribution in [-0.2, 0) is 9.59 Å². The van der Waals surface area contributed by atoms with E-state index in [0.717, 1.165) is 19.3 Å². The maximum absolute atomic E-state index is 12.8. The zero-order valence-corrected chi connectivity index (χ0v) is 8.69. The number of hydrogen-bond acceptors (Lipinski definition) is 2. The number of Topliss-reactive ketones (excluding diaryl/α,β-unsaturated/α-hetero) is 2. The van der Waals surface area contributed by atoms with E-state index in [-0.39, 0.29) is 11.2 Å². The van der Waals surface area contributed by atoms with Crippen LogP contribution in [0.1, 0.15) is 39.0 Å². The van der Waals surface area contributed by atoms with Gasteiger partial charge >= 0.3 is 5.92 Å². The Labute approximate surface area is 87.0 Å². The Bertz CT molecular complexity index is 313. The first-order valence-electron chi connectivity index (χ1n) is 5.29. The van der Waals surface area contributed by atoms with Gasteiger partial charge in [-0.05, 0) is 31.1 Å². The van der Waals surface area contributed by atoms with Gasteiger partial charge in [0.2, 0.25) is 5.78 Å². The van der Waals surface area contributed by atoms with Gasteiger partial charge in [0.25, 0.3) is 0 Å². The molecule has 15 heavy (non-hydrogen) atoms. The van der Waals surface area contributed by atoms with Gasteiger partial charge in [0.1, 0.15) is 5.78 Å². The molecular formula is C11H14F2O2. The minimum atomic E-state index is -3.37. The van der Waals surface area contributed by atoms with Gasteiger partial charge in [0.15, 0.2) is 0 Å². The molecule has 0 aliphatic heterocycles. The summed E-state index contributed by atoms with van der Waals surface area (Å²) in [5.41, 5.74) is 0.0550. The summed E-state index contributed by atoms with van der Waals surface area (Å²) in [6, 6.07) is 0. The van der Waals surface area contributed by atoms with Crippen LogP contribution in [-0.4, -0.2) is 17.5 Å². The minimum Gasteiger partial charge on any atom is -0.299 e. The van der Waals surface area contributed by atoms with Crippen LogP contribution in [0, 0.1) is 11.3 Å². The summed E-state index contributed by atoms with van der Waals surface area (Å²) in [5.74, 6) is -5.88. The van der Waals surface area contributed by atoms with E-state index in [0.29, 0.717) is 19.8 Å². The quantitative estimate of drug-likeness (QED) is 0.664. The lowest BCUT2D eigenvalue weighted by Crippen LogP contribution is -2.40. The molecule has 2 aliphatic rings. The molecule has 4 heteroatoms. The number of rotatable bonds is 2. The monoisotopic (exact) mass is 216 g/mol. The summed E-state index contributed by atoms with van der Waals surface area (Å²) in [7, 11) is 0. The molecule has 0 radical (unpaired) electrons. The summed E-state index contributed by atoms with van der Waals surface area (Å²) >= 11 is 0. The second kappa shape index (κ2) is 3.09. The van der Waals surface area contributed by atoms with E-state index in [2.05, 4.69) is 0 Å². The molecule has 2 nitrogen and oxygen atoms in total. The molecule has 0 amide bonds. The highest BCUT2D eigenvalue weighted by atomic mass is 19.3. The molecule has 0 heterocycles. The second-order valence-corrected chi connectivity index (χ2v) is 4.98. The van der Waals surface area contributed by atoms with Crippen LogP contribution in [0.4, 0.5) is 8.78 Å². The number of carbonyl (C=O) groups excluding carboxylic acids is 2. The molecule has 0 bridgehead atoms. The van der Waals surface area contributed by atoms with Crippen LogP contribution in [0.25, 0.3) is 0 Å². The lowest BCUT2D eigenvalue weighted by molar-refractivity contribution is -0.151. The molecule has 2 aliphatic carbocycles. The third kappa shape index (κ3) is 1.94. The fourth-order valence-electron chi connectivity index (χ4n) is 2.39. The lowest BCUT2D eigenvalue weighted by atomic mass is 9.75. The predicted molar refractivity (Wildman–Crippen MR) is 49.6 cm³/mol. The number of halogens is 2. The van der Waals surface area contributed by atoms with Crippen molar-refractivity contribution in [2.75, 3.05) is 0 Å². The number of ketones is 2. The molecule has 0 N–H and O–H groups in total. The Morgan fingerprint density at radius 1 is 1.40 bits per heavy atom. The van der Waals surface area contributed by atoms with Gasteiger partial charge in [-0.25, -0.2) is 0 Å². The molecule has 84 valence electrons. The van der Waals surface area contributed by atoms with Gasteiger partial charge in [0, 0.05) is 13.3 Å². The average Bonchev–Trinajstić information content (AvgIpc) is 2.88. The van der Waals surface area contributed by atoms with Crippen LogP contribution < -0.4 is 0 Å². The van der Waals surface area contributed by atoms with E-state index >= 15 is 0 Å². The molecule has 1 atom stereocenters. The Kier molecular flexibility index (Phi) is 2.21. The van der Waals surface area contributed by atoms with E-state index in [1.165, 1.54) is 0 Å². The van der Waals surface area contributed by atoms with Crippen LogP contribution in [0.5, 0.6) is 0 Å². The molecule has 0 aromatic heterocycles. The van der Waals surface area contributed by atoms with E-state index in [4.69, 9.17) is 0 Å². The second-order valence-electron chi connectivity index (χ2n) is 4.98. The Morgan fingerprint density at radius 3 is 2.47 bits per heavy atom. The first-order valence-corrected chi connectivity index (χ1v) is 5.29. The first-order chi connectivity index (χ1) is 6.84. The van der Waals surface area contributed by atoms with Gasteiger partial charge < -0.3 is 0 Å². The van der Waals surface area contributed by atoms with Crippen molar-refractivity contribution in [2.24, 2.45) is 11.3 Å². The Morgan fingerprint density at radius 2 is 2.00 bits per heavy atom. The van der Waals surface area contributed by atoms with Crippen molar-refractivity contribution >= 4 is 11.6 Å². The molecule has 2 fully saturated rings. The average molecular weight is 216 g/mol.